The summed E-state index contributed by atoms with van der Waals surface area (Å²) < 4.78 is 26.7. The summed E-state index contributed by atoms with van der Waals surface area (Å²) in [5.41, 5.74) is 2.57. The number of nitrogens with zero attached hydrogens (tertiary/aromatic N) is 3. The molecule has 32 heavy (non-hydrogen) atoms. The maximum absolute atomic E-state index is 13.1. The van der Waals surface area contributed by atoms with Crippen LogP contribution < -0.4 is 9.47 Å². The molecule has 0 radical (unpaired) electrons. The van der Waals surface area contributed by atoms with Gasteiger partial charge in [-0.2, -0.15) is 14.9 Å². The molecule has 162 valence electrons. The Balaban J connectivity index is 1.55. The molecule has 0 atom stereocenters. The van der Waals surface area contributed by atoms with Gasteiger partial charge in [-0.05, 0) is 60.6 Å². The second-order valence-corrected chi connectivity index (χ2v) is 7.22. The van der Waals surface area contributed by atoms with Crippen molar-refractivity contribution in [1.82, 2.24) is 14.9 Å². The first kappa shape index (κ1) is 21.5. The third-order valence-electron chi connectivity index (χ3n) is 4.58. The molecule has 0 aliphatic carbocycles. The lowest BCUT2D eigenvalue weighted by Gasteiger charge is -2.12. The van der Waals surface area contributed by atoms with E-state index >= 15 is 0 Å². The molecule has 0 saturated heterocycles. The SMILES string of the molecule is CCOc1cc(/C=N\n2c(-c3ccccc3)n[nH]c2=S)ccc1OCc1ccc(F)cc1. The maximum atomic E-state index is 13.1. The van der Waals surface area contributed by atoms with Crippen molar-refractivity contribution in [2.45, 2.75) is 13.5 Å². The van der Waals surface area contributed by atoms with Gasteiger partial charge >= 0.3 is 0 Å². The van der Waals surface area contributed by atoms with Crippen LogP contribution in [0.25, 0.3) is 11.4 Å². The largest absolute Gasteiger partial charge is 0.490 e. The highest BCUT2D eigenvalue weighted by molar-refractivity contribution is 7.71. The van der Waals surface area contributed by atoms with Crippen molar-refractivity contribution in [2.75, 3.05) is 6.61 Å². The van der Waals surface area contributed by atoms with Crippen LogP contribution in [-0.2, 0) is 6.61 Å². The summed E-state index contributed by atoms with van der Waals surface area (Å²) >= 11 is 5.33. The van der Waals surface area contributed by atoms with E-state index in [9.17, 15) is 4.39 Å². The quantitative estimate of drug-likeness (QED) is 0.281. The van der Waals surface area contributed by atoms with E-state index in [1.807, 2.05) is 55.5 Å². The van der Waals surface area contributed by atoms with Gasteiger partial charge in [0.25, 0.3) is 0 Å². The van der Waals surface area contributed by atoms with Crippen molar-refractivity contribution < 1.29 is 13.9 Å². The molecule has 6 nitrogen and oxygen atoms in total. The minimum absolute atomic E-state index is 0.277. The summed E-state index contributed by atoms with van der Waals surface area (Å²) in [5, 5.41) is 11.6. The van der Waals surface area contributed by atoms with Gasteiger partial charge in [0, 0.05) is 5.56 Å². The number of hydrogen-bond acceptors (Lipinski definition) is 5. The number of aromatic nitrogens is 3. The normalized spacial score (nSPS) is 11.1. The number of nitrogens with one attached hydrogen (secondary N) is 1. The first-order chi connectivity index (χ1) is 15.6. The molecule has 1 N–H and O–H groups in total. The fraction of sp³-hybridized carbons (Fsp3) is 0.125. The second-order valence-electron chi connectivity index (χ2n) is 6.83. The van der Waals surface area contributed by atoms with Crippen LogP contribution in [0, 0.1) is 10.6 Å². The molecule has 3 aromatic carbocycles. The van der Waals surface area contributed by atoms with E-state index in [1.54, 1.807) is 23.0 Å². The Morgan fingerprint density at radius 1 is 1.03 bits per heavy atom. The number of aromatic amines is 1. The molecule has 4 aromatic rings. The Hall–Kier alpha value is -3.78. The average Bonchev–Trinajstić information content (AvgIpc) is 3.19. The molecule has 0 saturated carbocycles. The number of halogens is 1. The van der Waals surface area contributed by atoms with Gasteiger partial charge in [-0.1, -0.05) is 42.5 Å². The van der Waals surface area contributed by atoms with Gasteiger partial charge in [0.2, 0.25) is 4.77 Å². The predicted molar refractivity (Wildman–Crippen MR) is 124 cm³/mol. The van der Waals surface area contributed by atoms with E-state index in [-0.39, 0.29) is 5.82 Å². The lowest BCUT2D eigenvalue weighted by molar-refractivity contribution is 0.269. The molecule has 8 heteroatoms. The van der Waals surface area contributed by atoms with Gasteiger partial charge in [0.05, 0.1) is 12.8 Å². The Labute approximate surface area is 190 Å². The topological polar surface area (TPSA) is 64.4 Å². The number of rotatable bonds is 8. The maximum Gasteiger partial charge on any atom is 0.216 e. The van der Waals surface area contributed by atoms with Gasteiger partial charge in [-0.15, -0.1) is 0 Å². The summed E-state index contributed by atoms with van der Waals surface area (Å²) in [6.07, 6.45) is 1.68. The van der Waals surface area contributed by atoms with Gasteiger partial charge in [-0.3, -0.25) is 0 Å². The van der Waals surface area contributed by atoms with E-state index in [2.05, 4.69) is 15.3 Å². The van der Waals surface area contributed by atoms with Crippen molar-refractivity contribution in [1.29, 1.82) is 0 Å². The lowest BCUT2D eigenvalue weighted by Crippen LogP contribution is -2.01. The molecule has 0 spiro atoms. The fourth-order valence-corrected chi connectivity index (χ4v) is 3.21. The molecule has 0 bridgehead atoms. The second kappa shape index (κ2) is 10.0. The van der Waals surface area contributed by atoms with E-state index in [0.29, 0.717) is 35.3 Å². The fourth-order valence-electron chi connectivity index (χ4n) is 3.03. The van der Waals surface area contributed by atoms with Crippen molar-refractivity contribution in [2.24, 2.45) is 5.10 Å². The molecular weight excluding hydrogens is 427 g/mol. The molecule has 0 aliphatic rings. The van der Waals surface area contributed by atoms with Crippen molar-refractivity contribution in [3.05, 3.63) is 94.5 Å². The number of ether oxygens (including phenoxy) is 2. The Bertz CT molecular complexity index is 1270. The third-order valence-corrected chi connectivity index (χ3v) is 4.84. The molecule has 1 heterocycles. The minimum atomic E-state index is -0.277. The molecule has 0 fully saturated rings. The summed E-state index contributed by atoms with van der Waals surface area (Å²) in [6, 6.07) is 21.4. The highest BCUT2D eigenvalue weighted by Gasteiger charge is 2.09. The van der Waals surface area contributed by atoms with Crippen LogP contribution in [0.1, 0.15) is 18.1 Å². The zero-order chi connectivity index (χ0) is 22.3. The van der Waals surface area contributed by atoms with Crippen LogP contribution in [0.5, 0.6) is 11.5 Å². The van der Waals surface area contributed by atoms with Crippen LogP contribution in [0.2, 0.25) is 0 Å². The highest BCUT2D eigenvalue weighted by atomic mass is 32.1. The molecule has 4 rings (SSSR count). The number of hydrogen-bond donors (Lipinski definition) is 1. The first-order valence-electron chi connectivity index (χ1n) is 10.1. The van der Waals surface area contributed by atoms with Crippen LogP contribution in [0.15, 0.2) is 77.9 Å². The summed E-state index contributed by atoms with van der Waals surface area (Å²) in [5.74, 6) is 1.53. The lowest BCUT2D eigenvalue weighted by atomic mass is 10.2. The van der Waals surface area contributed by atoms with Gasteiger partial charge in [-0.25, -0.2) is 9.49 Å². The zero-order valence-corrected chi connectivity index (χ0v) is 18.2. The Morgan fingerprint density at radius 3 is 2.56 bits per heavy atom. The van der Waals surface area contributed by atoms with Crippen LogP contribution in [0.3, 0.4) is 0 Å². The van der Waals surface area contributed by atoms with E-state index in [1.165, 1.54) is 12.1 Å². The zero-order valence-electron chi connectivity index (χ0n) is 17.4. The summed E-state index contributed by atoms with van der Waals surface area (Å²) in [6.45, 7) is 2.69. The minimum Gasteiger partial charge on any atom is -0.490 e. The van der Waals surface area contributed by atoms with Crippen molar-refractivity contribution in [3.8, 4) is 22.9 Å². The van der Waals surface area contributed by atoms with Crippen molar-refractivity contribution >= 4 is 18.4 Å². The molecule has 0 aliphatic heterocycles. The van der Waals surface area contributed by atoms with E-state index in [4.69, 9.17) is 21.7 Å². The van der Waals surface area contributed by atoms with E-state index in [0.717, 1.165) is 16.7 Å². The molecular formula is C24H21FN4O2S. The standard InChI is InChI=1S/C24H21FN4O2S/c1-2-30-22-14-18(10-13-21(22)31-16-17-8-11-20(25)12-9-17)15-26-29-23(27-28-24(29)32)19-6-4-3-5-7-19/h3-15H,2,16H2,1H3,(H,28,32)/b26-15-. The van der Waals surface area contributed by atoms with Gasteiger partial charge in [0.1, 0.15) is 12.4 Å². The smallest absolute Gasteiger partial charge is 0.216 e. The molecule has 0 unspecified atom stereocenters. The number of H-pyrrole nitrogens is 1. The predicted octanol–water partition coefficient (Wildman–Crippen LogP) is 5.61. The molecule has 1 aromatic heterocycles. The van der Waals surface area contributed by atoms with Crippen LogP contribution in [-0.4, -0.2) is 27.7 Å². The number of benzene rings is 3. The van der Waals surface area contributed by atoms with Gasteiger partial charge in [0.15, 0.2) is 17.3 Å². The summed E-state index contributed by atoms with van der Waals surface area (Å²) in [4.78, 5) is 0. The monoisotopic (exact) mass is 448 g/mol. The Morgan fingerprint density at radius 2 is 1.81 bits per heavy atom. The van der Waals surface area contributed by atoms with Crippen LogP contribution in [0.4, 0.5) is 4.39 Å². The average molecular weight is 449 g/mol. The Kier molecular flexibility index (Phi) is 6.72. The van der Waals surface area contributed by atoms with Crippen LogP contribution >= 0.6 is 12.2 Å². The first-order valence-corrected chi connectivity index (χ1v) is 10.5. The van der Waals surface area contributed by atoms with E-state index < -0.39 is 0 Å². The summed E-state index contributed by atoms with van der Waals surface area (Å²) in [7, 11) is 0. The van der Waals surface area contributed by atoms with Gasteiger partial charge < -0.3 is 9.47 Å². The highest BCUT2D eigenvalue weighted by Crippen LogP contribution is 2.29. The molecule has 0 amide bonds. The van der Waals surface area contributed by atoms with Crippen molar-refractivity contribution in [3.63, 3.8) is 0 Å². The third kappa shape index (κ3) is 5.09.